The van der Waals surface area contributed by atoms with Crippen LogP contribution in [0.15, 0.2) is 29.3 Å². The molecule has 2 nitrogen and oxygen atoms in total. The number of nitrogens with zero attached hydrogens (tertiary/aromatic N) is 1. The van der Waals surface area contributed by atoms with Crippen molar-refractivity contribution in [2.75, 3.05) is 0 Å². The molecule has 0 spiro atoms. The molecule has 0 radical (unpaired) electrons. The monoisotopic (exact) mass is 201 g/mol. The van der Waals surface area contributed by atoms with E-state index in [0.29, 0.717) is 0 Å². The fraction of sp³-hybridized carbons (Fsp3) is 0.308. The van der Waals surface area contributed by atoms with Gasteiger partial charge in [-0.15, -0.1) is 0 Å². The smallest absolute Gasteiger partial charge is 0.112 e. The largest absolute Gasteiger partial charge is 0.381 e. The normalized spacial score (nSPS) is 14.1. The van der Waals surface area contributed by atoms with Crippen molar-refractivity contribution < 1.29 is 5.11 Å². The summed E-state index contributed by atoms with van der Waals surface area (Å²) in [5.74, 6) is 5.57. The molecule has 1 N–H and O–H groups in total. The van der Waals surface area contributed by atoms with Gasteiger partial charge < -0.3 is 5.11 Å². The second kappa shape index (κ2) is 4.77. The number of hydrogen-bond acceptors (Lipinski definition) is 2. The zero-order chi connectivity index (χ0) is 9.97. The van der Waals surface area contributed by atoms with Gasteiger partial charge in [0, 0.05) is 6.42 Å². The molecule has 1 aromatic rings. The molecule has 1 atom stereocenters. The number of para-hydroxylation sites is 1. The highest BCUT2D eigenvalue weighted by Crippen LogP contribution is 2.25. The topological polar surface area (TPSA) is 32.6 Å². The molecule has 0 fully saturated rings. The van der Waals surface area contributed by atoms with Crippen LogP contribution in [0.1, 0.15) is 19.9 Å². The summed E-state index contributed by atoms with van der Waals surface area (Å²) in [7, 11) is 0. The van der Waals surface area contributed by atoms with Gasteiger partial charge in [0.25, 0.3) is 0 Å². The fourth-order valence-electron chi connectivity index (χ4n) is 1.39. The molecular formula is C13H15NO. The number of rotatable bonds is 0. The van der Waals surface area contributed by atoms with Crippen LogP contribution in [0.5, 0.6) is 0 Å². The number of aliphatic imine (C=N–C) groups is 1. The fourth-order valence-corrected chi connectivity index (χ4v) is 1.39. The molecule has 0 unspecified atom stereocenters. The highest BCUT2D eigenvalue weighted by atomic mass is 16.3. The van der Waals surface area contributed by atoms with Crippen LogP contribution in [0.25, 0.3) is 0 Å². The lowest BCUT2D eigenvalue weighted by molar-refractivity contribution is 0.253. The number of benzene rings is 1. The van der Waals surface area contributed by atoms with E-state index in [1.54, 1.807) is 6.92 Å². The van der Waals surface area contributed by atoms with E-state index in [9.17, 15) is 0 Å². The lowest BCUT2D eigenvalue weighted by atomic mass is 10.1. The second-order valence-electron chi connectivity index (χ2n) is 3.31. The quantitative estimate of drug-likeness (QED) is 0.642. The Labute approximate surface area is 90.7 Å². The first-order valence-electron chi connectivity index (χ1n) is 4.61. The van der Waals surface area contributed by atoms with Crippen LogP contribution < -0.4 is 0 Å². The van der Waals surface area contributed by atoms with Crippen molar-refractivity contribution in [1.82, 2.24) is 0 Å². The van der Waals surface area contributed by atoms with E-state index in [0.717, 1.165) is 17.8 Å². The molecule has 0 aromatic heterocycles. The van der Waals surface area contributed by atoms with Gasteiger partial charge in [0.15, 0.2) is 0 Å². The molecule has 1 aromatic carbocycles. The van der Waals surface area contributed by atoms with Gasteiger partial charge in [0.05, 0.1) is 11.4 Å². The zero-order valence-electron chi connectivity index (χ0n) is 7.99. The molecule has 1 aliphatic rings. The van der Waals surface area contributed by atoms with Crippen molar-refractivity contribution in [3.63, 3.8) is 0 Å². The van der Waals surface area contributed by atoms with Crippen molar-refractivity contribution in [2.45, 2.75) is 26.9 Å². The number of hydrogen-bond donors (Lipinski definition) is 1. The van der Waals surface area contributed by atoms with E-state index in [-0.39, 0.29) is 7.43 Å². The Hall–Kier alpha value is -1.59. The Morgan fingerprint density at radius 3 is 2.80 bits per heavy atom. The standard InChI is InChI=1S/C12H11NO.CH4/c1-9(14)6-7-11-8-10-4-2-3-5-12(10)13-11;/h2-5,9,14H,8H2,1H3;1H4/t9-;/m1./s1. The first kappa shape index (κ1) is 11.5. The van der Waals surface area contributed by atoms with Crippen LogP contribution in [0.2, 0.25) is 0 Å². The maximum atomic E-state index is 9.00. The van der Waals surface area contributed by atoms with E-state index < -0.39 is 6.10 Å². The third kappa shape index (κ3) is 2.68. The van der Waals surface area contributed by atoms with Crippen LogP contribution in [-0.4, -0.2) is 16.9 Å². The molecule has 15 heavy (non-hydrogen) atoms. The highest BCUT2D eigenvalue weighted by Gasteiger charge is 2.11. The van der Waals surface area contributed by atoms with Crippen LogP contribution in [0.4, 0.5) is 5.69 Å². The first-order valence-corrected chi connectivity index (χ1v) is 4.61. The minimum atomic E-state index is -0.582. The number of aliphatic hydroxyl groups is 1. The summed E-state index contributed by atoms with van der Waals surface area (Å²) in [5, 5.41) is 9.00. The molecule has 1 aliphatic heterocycles. The molecule has 78 valence electrons. The third-order valence-corrected chi connectivity index (χ3v) is 2.03. The average Bonchev–Trinajstić information content (AvgIpc) is 2.57. The maximum absolute atomic E-state index is 9.00. The van der Waals surface area contributed by atoms with Crippen molar-refractivity contribution in [3.05, 3.63) is 29.8 Å². The second-order valence-corrected chi connectivity index (χ2v) is 3.31. The summed E-state index contributed by atoms with van der Waals surface area (Å²) in [4.78, 5) is 4.36. The van der Waals surface area contributed by atoms with E-state index in [2.05, 4.69) is 22.9 Å². The molecule has 0 amide bonds. The predicted molar refractivity (Wildman–Crippen MR) is 63.4 cm³/mol. The van der Waals surface area contributed by atoms with Gasteiger partial charge in [0.1, 0.15) is 6.10 Å². The molecular weight excluding hydrogens is 186 g/mol. The summed E-state index contributed by atoms with van der Waals surface area (Å²) in [5.41, 5.74) is 3.05. The molecule has 0 bridgehead atoms. The van der Waals surface area contributed by atoms with Crippen LogP contribution in [-0.2, 0) is 6.42 Å². The van der Waals surface area contributed by atoms with Crippen molar-refractivity contribution in [2.24, 2.45) is 4.99 Å². The van der Waals surface area contributed by atoms with Crippen molar-refractivity contribution >= 4 is 11.4 Å². The average molecular weight is 201 g/mol. The number of aliphatic hydroxyl groups excluding tert-OH is 1. The SMILES string of the molecule is C.C[C@@H](O)C#CC1=Nc2ccccc2C1. The molecule has 2 heteroatoms. The van der Waals surface area contributed by atoms with Crippen molar-refractivity contribution in [3.8, 4) is 11.8 Å². The first-order chi connectivity index (χ1) is 6.75. The van der Waals surface area contributed by atoms with Gasteiger partial charge in [-0.2, -0.15) is 0 Å². The zero-order valence-corrected chi connectivity index (χ0v) is 7.99. The van der Waals surface area contributed by atoms with E-state index >= 15 is 0 Å². The third-order valence-electron chi connectivity index (χ3n) is 2.03. The van der Waals surface area contributed by atoms with Crippen LogP contribution in [0.3, 0.4) is 0 Å². The Morgan fingerprint density at radius 1 is 1.40 bits per heavy atom. The Kier molecular flexibility index (Phi) is 3.65. The van der Waals surface area contributed by atoms with Gasteiger partial charge in [-0.25, -0.2) is 4.99 Å². The minimum Gasteiger partial charge on any atom is -0.381 e. The lowest BCUT2D eigenvalue weighted by Crippen LogP contribution is -1.97. The highest BCUT2D eigenvalue weighted by molar-refractivity contribution is 6.06. The lowest BCUT2D eigenvalue weighted by Gasteiger charge is -1.91. The van der Waals surface area contributed by atoms with Gasteiger partial charge in [-0.05, 0) is 24.5 Å². The molecule has 0 aliphatic carbocycles. The number of fused-ring (bicyclic) bond motifs is 1. The van der Waals surface area contributed by atoms with Gasteiger partial charge >= 0.3 is 0 Å². The summed E-state index contributed by atoms with van der Waals surface area (Å²) in [6, 6.07) is 8.00. The van der Waals surface area contributed by atoms with Crippen LogP contribution in [0, 0.1) is 11.8 Å². The Balaban J connectivity index is 0.00000112. The van der Waals surface area contributed by atoms with Gasteiger partial charge in [-0.1, -0.05) is 31.5 Å². The molecule has 0 saturated carbocycles. The van der Waals surface area contributed by atoms with E-state index in [1.165, 1.54) is 5.56 Å². The van der Waals surface area contributed by atoms with Crippen molar-refractivity contribution in [1.29, 1.82) is 0 Å². The summed E-state index contributed by atoms with van der Waals surface area (Å²) < 4.78 is 0. The van der Waals surface area contributed by atoms with E-state index in [1.807, 2.05) is 18.2 Å². The minimum absolute atomic E-state index is 0. The maximum Gasteiger partial charge on any atom is 0.112 e. The summed E-state index contributed by atoms with van der Waals surface area (Å²) in [6.07, 6.45) is 0.206. The van der Waals surface area contributed by atoms with E-state index in [4.69, 9.17) is 5.11 Å². The summed E-state index contributed by atoms with van der Waals surface area (Å²) in [6.45, 7) is 1.65. The summed E-state index contributed by atoms with van der Waals surface area (Å²) >= 11 is 0. The molecule has 0 saturated heterocycles. The van der Waals surface area contributed by atoms with Gasteiger partial charge in [-0.3, -0.25) is 0 Å². The van der Waals surface area contributed by atoms with Crippen LogP contribution >= 0.6 is 0 Å². The van der Waals surface area contributed by atoms with Gasteiger partial charge in [0.2, 0.25) is 0 Å². The predicted octanol–water partition coefficient (Wildman–Crippen LogP) is 2.34. The Morgan fingerprint density at radius 2 is 2.13 bits per heavy atom. The Bertz CT molecular complexity index is 435. The molecule has 1 heterocycles. The molecule has 2 rings (SSSR count).